The van der Waals surface area contributed by atoms with Gasteiger partial charge in [-0.05, 0) is 43.9 Å². The minimum Gasteiger partial charge on any atom is -0.326 e. The second-order valence-electron chi connectivity index (χ2n) is 6.55. The van der Waals surface area contributed by atoms with Gasteiger partial charge in [0.15, 0.2) is 0 Å². The van der Waals surface area contributed by atoms with Crippen molar-refractivity contribution in [1.82, 2.24) is 4.90 Å². The van der Waals surface area contributed by atoms with Crippen LogP contribution in [0.3, 0.4) is 0 Å². The molecule has 1 saturated heterocycles. The molecule has 6 heteroatoms. The highest BCUT2D eigenvalue weighted by Gasteiger charge is 2.46. The third-order valence-corrected chi connectivity index (χ3v) is 5.34. The first-order chi connectivity index (χ1) is 12.0. The Labute approximate surface area is 152 Å². The second-order valence-corrected chi connectivity index (χ2v) is 6.96. The summed E-state index contributed by atoms with van der Waals surface area (Å²) in [5.74, 6) is -0.750. The van der Waals surface area contributed by atoms with Crippen molar-refractivity contribution in [3.05, 3.63) is 40.9 Å². The number of rotatable bonds is 5. The molecular weight excluding hydrogens is 340 g/mol. The minimum absolute atomic E-state index is 0.0922. The summed E-state index contributed by atoms with van der Waals surface area (Å²) in [5.41, 5.74) is 1.50. The number of hydrogen-bond acceptors (Lipinski definition) is 3. The van der Waals surface area contributed by atoms with Crippen LogP contribution in [-0.4, -0.2) is 29.2 Å². The standard InChI is InChI=1S/C19H21ClN2O3/c1-12-15(20)8-4-9-16(12)21-17(23)10-5-11-22-18(24)13-6-2-3-7-14(13)19(22)25/h2-4,8-9,13-14H,5-7,10-11H2,1H3,(H,21,23)/t13-,14+. The molecule has 0 unspecified atom stereocenters. The van der Waals surface area contributed by atoms with Crippen LogP contribution in [0.15, 0.2) is 30.4 Å². The summed E-state index contributed by atoms with van der Waals surface area (Å²) in [6.07, 6.45) is 5.92. The second kappa shape index (κ2) is 7.40. The molecule has 1 aromatic carbocycles. The van der Waals surface area contributed by atoms with Crippen LogP contribution >= 0.6 is 11.6 Å². The molecular formula is C19H21ClN2O3. The van der Waals surface area contributed by atoms with Gasteiger partial charge in [0.25, 0.3) is 0 Å². The number of imide groups is 1. The van der Waals surface area contributed by atoms with E-state index in [1.54, 1.807) is 18.2 Å². The monoisotopic (exact) mass is 360 g/mol. The molecule has 1 aliphatic carbocycles. The predicted octanol–water partition coefficient (Wildman–Crippen LogP) is 3.32. The van der Waals surface area contributed by atoms with Crippen molar-refractivity contribution in [1.29, 1.82) is 0 Å². The van der Waals surface area contributed by atoms with Gasteiger partial charge in [-0.2, -0.15) is 0 Å². The molecule has 1 N–H and O–H groups in total. The smallest absolute Gasteiger partial charge is 0.233 e. The molecule has 0 saturated carbocycles. The number of nitrogens with zero attached hydrogens (tertiary/aromatic N) is 1. The Morgan fingerprint density at radius 3 is 2.48 bits per heavy atom. The molecule has 1 heterocycles. The number of allylic oxidation sites excluding steroid dienone is 2. The number of carbonyl (C=O) groups excluding carboxylic acids is 3. The average Bonchev–Trinajstić information content (AvgIpc) is 2.84. The van der Waals surface area contributed by atoms with Crippen LogP contribution in [0.5, 0.6) is 0 Å². The van der Waals surface area contributed by atoms with E-state index in [4.69, 9.17) is 11.6 Å². The van der Waals surface area contributed by atoms with E-state index in [-0.39, 0.29) is 36.0 Å². The topological polar surface area (TPSA) is 66.5 Å². The summed E-state index contributed by atoms with van der Waals surface area (Å²) in [4.78, 5) is 38.2. The fourth-order valence-corrected chi connectivity index (χ4v) is 3.62. The van der Waals surface area contributed by atoms with Crippen LogP contribution in [0.1, 0.15) is 31.2 Å². The molecule has 3 rings (SSSR count). The molecule has 2 aliphatic rings. The van der Waals surface area contributed by atoms with Crippen molar-refractivity contribution < 1.29 is 14.4 Å². The first-order valence-corrected chi connectivity index (χ1v) is 8.92. The first-order valence-electron chi connectivity index (χ1n) is 8.54. The Bertz CT molecular complexity index is 718. The zero-order valence-electron chi connectivity index (χ0n) is 14.1. The summed E-state index contributed by atoms with van der Waals surface area (Å²) in [5, 5.41) is 3.43. The maximum absolute atomic E-state index is 12.4. The maximum atomic E-state index is 12.4. The Morgan fingerprint density at radius 1 is 1.20 bits per heavy atom. The molecule has 1 aliphatic heterocycles. The number of amides is 3. The predicted molar refractivity (Wildman–Crippen MR) is 96.1 cm³/mol. The Balaban J connectivity index is 1.51. The lowest BCUT2D eigenvalue weighted by Crippen LogP contribution is -2.32. The van der Waals surface area contributed by atoms with Gasteiger partial charge in [0.1, 0.15) is 0 Å². The highest BCUT2D eigenvalue weighted by atomic mass is 35.5. The molecule has 3 amide bonds. The van der Waals surface area contributed by atoms with Gasteiger partial charge in [-0.3, -0.25) is 19.3 Å². The van der Waals surface area contributed by atoms with Crippen molar-refractivity contribution in [2.24, 2.45) is 11.8 Å². The van der Waals surface area contributed by atoms with E-state index in [1.165, 1.54) is 4.90 Å². The van der Waals surface area contributed by atoms with Gasteiger partial charge >= 0.3 is 0 Å². The van der Waals surface area contributed by atoms with E-state index < -0.39 is 0 Å². The third kappa shape index (κ3) is 3.61. The lowest BCUT2D eigenvalue weighted by Gasteiger charge is -2.14. The molecule has 25 heavy (non-hydrogen) atoms. The van der Waals surface area contributed by atoms with E-state index in [0.717, 1.165) is 5.56 Å². The minimum atomic E-state index is -0.208. The number of halogens is 1. The fourth-order valence-electron chi connectivity index (χ4n) is 3.44. The highest BCUT2D eigenvalue weighted by Crippen LogP contribution is 2.35. The van der Waals surface area contributed by atoms with E-state index in [0.29, 0.717) is 36.5 Å². The van der Waals surface area contributed by atoms with Gasteiger partial charge in [-0.1, -0.05) is 29.8 Å². The summed E-state index contributed by atoms with van der Waals surface area (Å²) in [6.45, 7) is 2.14. The molecule has 1 fully saturated rings. The zero-order valence-corrected chi connectivity index (χ0v) is 14.9. The molecule has 0 radical (unpaired) electrons. The van der Waals surface area contributed by atoms with Crippen molar-refractivity contribution in [3.8, 4) is 0 Å². The molecule has 0 aromatic heterocycles. The van der Waals surface area contributed by atoms with E-state index in [1.807, 2.05) is 19.1 Å². The molecule has 0 bridgehead atoms. The van der Waals surface area contributed by atoms with E-state index >= 15 is 0 Å². The van der Waals surface area contributed by atoms with E-state index in [9.17, 15) is 14.4 Å². The van der Waals surface area contributed by atoms with Crippen molar-refractivity contribution in [2.45, 2.75) is 32.6 Å². The number of likely N-dealkylation sites (tertiary alicyclic amines) is 1. The summed E-state index contributed by atoms with van der Waals surface area (Å²) in [6, 6.07) is 5.35. The normalized spacial score (nSPS) is 22.2. The quantitative estimate of drug-likeness (QED) is 0.647. The van der Waals surface area contributed by atoms with Gasteiger partial charge in [0, 0.05) is 23.7 Å². The average molecular weight is 361 g/mol. The third-order valence-electron chi connectivity index (χ3n) is 4.93. The lowest BCUT2D eigenvalue weighted by atomic mass is 9.85. The van der Waals surface area contributed by atoms with Gasteiger partial charge in [0.05, 0.1) is 11.8 Å². The highest BCUT2D eigenvalue weighted by molar-refractivity contribution is 6.31. The summed E-state index contributed by atoms with van der Waals surface area (Å²) in [7, 11) is 0. The van der Waals surface area contributed by atoms with Crippen LogP contribution in [0.25, 0.3) is 0 Å². The number of fused-ring (bicyclic) bond motifs is 1. The van der Waals surface area contributed by atoms with Gasteiger partial charge in [-0.25, -0.2) is 0 Å². The summed E-state index contributed by atoms with van der Waals surface area (Å²) >= 11 is 6.04. The lowest BCUT2D eigenvalue weighted by molar-refractivity contribution is -0.140. The maximum Gasteiger partial charge on any atom is 0.233 e. The fraction of sp³-hybridized carbons (Fsp3) is 0.421. The number of benzene rings is 1. The van der Waals surface area contributed by atoms with Crippen LogP contribution in [0, 0.1) is 18.8 Å². The van der Waals surface area contributed by atoms with Gasteiger partial charge < -0.3 is 5.32 Å². The van der Waals surface area contributed by atoms with Crippen molar-refractivity contribution >= 4 is 35.0 Å². The Kier molecular flexibility index (Phi) is 5.23. The zero-order chi connectivity index (χ0) is 18.0. The van der Waals surface area contributed by atoms with Crippen molar-refractivity contribution in [2.75, 3.05) is 11.9 Å². The Morgan fingerprint density at radius 2 is 1.84 bits per heavy atom. The van der Waals surface area contributed by atoms with Crippen LogP contribution in [-0.2, 0) is 14.4 Å². The molecule has 132 valence electrons. The number of nitrogens with one attached hydrogen (secondary N) is 1. The van der Waals surface area contributed by atoms with Gasteiger partial charge in [0.2, 0.25) is 17.7 Å². The molecule has 0 spiro atoms. The number of anilines is 1. The van der Waals surface area contributed by atoms with Crippen LogP contribution < -0.4 is 5.32 Å². The molecule has 2 atom stereocenters. The molecule has 5 nitrogen and oxygen atoms in total. The van der Waals surface area contributed by atoms with Crippen LogP contribution in [0.4, 0.5) is 5.69 Å². The van der Waals surface area contributed by atoms with E-state index in [2.05, 4.69) is 5.32 Å². The summed E-state index contributed by atoms with van der Waals surface area (Å²) < 4.78 is 0. The van der Waals surface area contributed by atoms with Crippen molar-refractivity contribution in [3.63, 3.8) is 0 Å². The van der Waals surface area contributed by atoms with Crippen LogP contribution in [0.2, 0.25) is 5.02 Å². The SMILES string of the molecule is Cc1c(Cl)cccc1NC(=O)CCCN1C(=O)[C@H]2CC=CC[C@H]2C1=O. The number of hydrogen-bond donors (Lipinski definition) is 1. The largest absolute Gasteiger partial charge is 0.326 e. The molecule has 1 aromatic rings. The Hall–Kier alpha value is -2.14. The number of carbonyl (C=O) groups is 3. The van der Waals surface area contributed by atoms with Gasteiger partial charge in [-0.15, -0.1) is 0 Å². The first kappa shape index (κ1) is 17.7.